The van der Waals surface area contributed by atoms with Crippen molar-refractivity contribution in [1.29, 1.82) is 0 Å². The first-order chi connectivity index (χ1) is 14.0. The molecular formula is C23H21N3O3. The molecule has 0 saturated heterocycles. The molecular weight excluding hydrogens is 366 g/mol. The van der Waals surface area contributed by atoms with E-state index in [1.807, 2.05) is 42.5 Å². The number of carbonyl (C=O) groups is 2. The zero-order chi connectivity index (χ0) is 20.4. The average Bonchev–Trinajstić information content (AvgIpc) is 3.10. The molecule has 146 valence electrons. The summed E-state index contributed by atoms with van der Waals surface area (Å²) < 4.78 is 5.61. The van der Waals surface area contributed by atoms with Gasteiger partial charge in [-0.05, 0) is 43.0 Å². The number of hydrogen-bond acceptors (Lipinski definition) is 4. The average molecular weight is 387 g/mol. The Bertz CT molecular complexity index is 1100. The predicted molar refractivity (Wildman–Crippen MR) is 111 cm³/mol. The zero-order valence-corrected chi connectivity index (χ0v) is 16.1. The molecule has 3 N–H and O–H groups in total. The summed E-state index contributed by atoms with van der Waals surface area (Å²) >= 11 is 0. The number of hydrogen-bond donors (Lipinski definition) is 2. The first kappa shape index (κ1) is 18.7. The van der Waals surface area contributed by atoms with Crippen LogP contribution in [0.5, 0.6) is 0 Å². The standard InChI is InChI=1S/C23H21N3O3/c1-14-20-18(8-5-9-19(20)29-21(14)22(24)27)25-26-23(28)17-12-10-16(11-13-17)15-6-3-2-4-7-15/h2-4,6-7,10-13H,5,8-9H2,1H3,(H2,24,27)(H,26,28)/b25-18+. The van der Waals surface area contributed by atoms with Gasteiger partial charge in [-0.15, -0.1) is 0 Å². The molecule has 0 radical (unpaired) electrons. The summed E-state index contributed by atoms with van der Waals surface area (Å²) in [6, 6.07) is 17.3. The lowest BCUT2D eigenvalue weighted by molar-refractivity contribution is 0.0952. The Labute approximate surface area is 168 Å². The molecule has 2 aromatic carbocycles. The van der Waals surface area contributed by atoms with E-state index in [1.54, 1.807) is 19.1 Å². The minimum atomic E-state index is -0.598. The third kappa shape index (κ3) is 3.69. The van der Waals surface area contributed by atoms with E-state index in [0.717, 1.165) is 29.5 Å². The lowest BCUT2D eigenvalue weighted by Crippen LogP contribution is -2.22. The summed E-state index contributed by atoms with van der Waals surface area (Å²) in [4.78, 5) is 24.1. The maximum Gasteiger partial charge on any atom is 0.284 e. The van der Waals surface area contributed by atoms with Gasteiger partial charge in [0.1, 0.15) is 5.76 Å². The highest BCUT2D eigenvalue weighted by molar-refractivity contribution is 6.07. The Hall–Kier alpha value is -3.67. The van der Waals surface area contributed by atoms with Crippen molar-refractivity contribution in [2.75, 3.05) is 0 Å². The summed E-state index contributed by atoms with van der Waals surface area (Å²) in [5.74, 6) is -0.0329. The second kappa shape index (κ2) is 7.75. The molecule has 0 spiro atoms. The van der Waals surface area contributed by atoms with Gasteiger partial charge in [0.15, 0.2) is 5.76 Å². The molecule has 0 aliphatic heterocycles. The van der Waals surface area contributed by atoms with Crippen LogP contribution in [0, 0.1) is 6.92 Å². The van der Waals surface area contributed by atoms with E-state index in [4.69, 9.17) is 10.2 Å². The Balaban J connectivity index is 1.53. The first-order valence-electron chi connectivity index (χ1n) is 9.49. The molecule has 29 heavy (non-hydrogen) atoms. The second-order valence-electron chi connectivity index (χ2n) is 7.01. The minimum absolute atomic E-state index is 0.160. The van der Waals surface area contributed by atoms with Crippen LogP contribution in [0.3, 0.4) is 0 Å². The van der Waals surface area contributed by atoms with E-state index < -0.39 is 5.91 Å². The maximum atomic E-state index is 12.5. The van der Waals surface area contributed by atoms with E-state index >= 15 is 0 Å². The third-order valence-electron chi connectivity index (χ3n) is 5.10. The number of carbonyl (C=O) groups excluding carboxylic acids is 2. The Morgan fingerprint density at radius 1 is 1.00 bits per heavy atom. The number of primary amides is 1. The number of nitrogens with zero attached hydrogens (tertiary/aromatic N) is 1. The molecule has 0 fully saturated rings. The summed E-state index contributed by atoms with van der Waals surface area (Å²) in [5, 5.41) is 4.32. The number of hydrazone groups is 1. The van der Waals surface area contributed by atoms with Crippen LogP contribution in [-0.4, -0.2) is 17.5 Å². The molecule has 0 saturated carbocycles. The van der Waals surface area contributed by atoms with Crippen LogP contribution >= 0.6 is 0 Å². The van der Waals surface area contributed by atoms with Crippen LogP contribution in [0.1, 0.15) is 50.6 Å². The molecule has 2 amide bonds. The normalized spacial score (nSPS) is 14.4. The Morgan fingerprint density at radius 3 is 2.38 bits per heavy atom. The van der Waals surface area contributed by atoms with Gasteiger partial charge in [-0.3, -0.25) is 9.59 Å². The zero-order valence-electron chi connectivity index (χ0n) is 16.1. The van der Waals surface area contributed by atoms with Crippen LogP contribution in [0.4, 0.5) is 0 Å². The number of fused-ring (bicyclic) bond motifs is 1. The molecule has 4 rings (SSSR count). The minimum Gasteiger partial charge on any atom is -0.455 e. The van der Waals surface area contributed by atoms with E-state index in [0.29, 0.717) is 29.0 Å². The highest BCUT2D eigenvalue weighted by Gasteiger charge is 2.27. The van der Waals surface area contributed by atoms with Crippen LogP contribution in [0.2, 0.25) is 0 Å². The van der Waals surface area contributed by atoms with Gasteiger partial charge in [-0.2, -0.15) is 5.10 Å². The van der Waals surface area contributed by atoms with Gasteiger partial charge in [-0.25, -0.2) is 5.43 Å². The maximum absolute atomic E-state index is 12.5. The van der Waals surface area contributed by atoms with Crippen molar-refractivity contribution < 1.29 is 14.0 Å². The van der Waals surface area contributed by atoms with Gasteiger partial charge in [-0.1, -0.05) is 42.5 Å². The highest BCUT2D eigenvalue weighted by atomic mass is 16.4. The van der Waals surface area contributed by atoms with E-state index in [2.05, 4.69) is 10.5 Å². The van der Waals surface area contributed by atoms with Crippen LogP contribution in [0.15, 0.2) is 64.1 Å². The molecule has 0 bridgehead atoms. The summed E-state index contributed by atoms with van der Waals surface area (Å²) in [7, 11) is 0. The van der Waals surface area contributed by atoms with Gasteiger partial charge >= 0.3 is 0 Å². The number of furan rings is 1. The fraction of sp³-hybridized carbons (Fsp3) is 0.174. The lowest BCUT2D eigenvalue weighted by Gasteiger charge is -2.13. The van der Waals surface area contributed by atoms with Crippen molar-refractivity contribution in [3.63, 3.8) is 0 Å². The molecule has 3 aromatic rings. The second-order valence-corrected chi connectivity index (χ2v) is 7.01. The Morgan fingerprint density at radius 2 is 1.69 bits per heavy atom. The molecule has 6 nitrogen and oxygen atoms in total. The third-order valence-corrected chi connectivity index (χ3v) is 5.10. The van der Waals surface area contributed by atoms with Crippen LogP contribution in [-0.2, 0) is 6.42 Å². The number of rotatable bonds is 4. The van der Waals surface area contributed by atoms with E-state index in [1.165, 1.54) is 0 Å². The molecule has 1 aliphatic carbocycles. The molecule has 6 heteroatoms. The van der Waals surface area contributed by atoms with E-state index in [-0.39, 0.29) is 11.7 Å². The van der Waals surface area contributed by atoms with Crippen molar-refractivity contribution >= 4 is 17.5 Å². The fourth-order valence-electron chi connectivity index (χ4n) is 3.64. The SMILES string of the molecule is Cc1c(C(N)=O)oc2c1/C(=N/NC(=O)c1ccc(-c3ccccc3)cc1)CCC2. The molecule has 1 heterocycles. The van der Waals surface area contributed by atoms with Gasteiger partial charge in [0, 0.05) is 23.1 Å². The predicted octanol–water partition coefficient (Wildman–Crippen LogP) is 3.82. The van der Waals surface area contributed by atoms with Crippen molar-refractivity contribution in [2.24, 2.45) is 10.8 Å². The number of benzene rings is 2. The number of nitrogens with two attached hydrogens (primary N) is 1. The highest BCUT2D eigenvalue weighted by Crippen LogP contribution is 2.29. The number of nitrogens with one attached hydrogen (secondary N) is 1. The van der Waals surface area contributed by atoms with Crippen LogP contribution < -0.4 is 11.2 Å². The summed E-state index contributed by atoms with van der Waals surface area (Å²) in [6.45, 7) is 1.79. The molecule has 1 aliphatic rings. The molecule has 0 unspecified atom stereocenters. The smallest absolute Gasteiger partial charge is 0.284 e. The van der Waals surface area contributed by atoms with Gasteiger partial charge < -0.3 is 10.2 Å². The monoisotopic (exact) mass is 387 g/mol. The summed E-state index contributed by atoms with van der Waals surface area (Å²) in [5.41, 5.74) is 12.8. The first-order valence-corrected chi connectivity index (χ1v) is 9.49. The number of aryl methyl sites for hydroxylation is 1. The van der Waals surface area contributed by atoms with Gasteiger partial charge in [0.2, 0.25) is 0 Å². The lowest BCUT2D eigenvalue weighted by atomic mass is 9.93. The topological polar surface area (TPSA) is 97.7 Å². The fourth-order valence-corrected chi connectivity index (χ4v) is 3.64. The van der Waals surface area contributed by atoms with Crippen LogP contribution in [0.25, 0.3) is 11.1 Å². The van der Waals surface area contributed by atoms with Gasteiger partial charge in [0.25, 0.3) is 11.8 Å². The van der Waals surface area contributed by atoms with Gasteiger partial charge in [0.05, 0.1) is 5.71 Å². The largest absolute Gasteiger partial charge is 0.455 e. The van der Waals surface area contributed by atoms with Crippen molar-refractivity contribution in [1.82, 2.24) is 5.43 Å². The Kier molecular flexibility index (Phi) is 4.99. The number of amides is 2. The quantitative estimate of drug-likeness (QED) is 0.666. The van der Waals surface area contributed by atoms with E-state index in [9.17, 15) is 9.59 Å². The van der Waals surface area contributed by atoms with Crippen molar-refractivity contribution in [3.05, 3.63) is 82.8 Å². The summed E-state index contributed by atoms with van der Waals surface area (Å²) in [6.07, 6.45) is 2.24. The molecule has 0 atom stereocenters. The van der Waals surface area contributed by atoms with Crippen molar-refractivity contribution in [2.45, 2.75) is 26.2 Å². The van der Waals surface area contributed by atoms with Crippen molar-refractivity contribution in [3.8, 4) is 11.1 Å². The molecule has 1 aromatic heterocycles.